The van der Waals surface area contributed by atoms with Crippen LogP contribution in [0.15, 0.2) is 52.5 Å². The Morgan fingerprint density at radius 3 is 2.96 bits per heavy atom. The fourth-order valence-corrected chi connectivity index (χ4v) is 3.17. The second-order valence-electron chi connectivity index (χ2n) is 6.92. The summed E-state index contributed by atoms with van der Waals surface area (Å²) in [5.41, 5.74) is 3.48. The fraction of sp³-hybridized carbons (Fsp3) is 0.350. The summed E-state index contributed by atoms with van der Waals surface area (Å²) in [5, 5.41) is 7.35. The molecule has 0 aromatic carbocycles. The van der Waals surface area contributed by atoms with Crippen LogP contribution in [0.4, 0.5) is 4.39 Å². The zero-order chi connectivity index (χ0) is 19.8. The number of hydrogen-bond donors (Lipinski definition) is 1. The van der Waals surface area contributed by atoms with E-state index in [1.807, 2.05) is 27.8 Å². The van der Waals surface area contributed by atoms with Crippen LogP contribution < -0.4 is 14.8 Å². The molecule has 1 aliphatic heterocycles. The molecule has 2 aromatic rings. The Kier molecular flexibility index (Phi) is 4.72. The number of rotatable bonds is 6. The smallest absolute Gasteiger partial charge is 0.247 e. The summed E-state index contributed by atoms with van der Waals surface area (Å²) in [4.78, 5) is 8.56. The average molecular weight is 383 g/mol. The molecule has 0 spiro atoms. The third-order valence-corrected chi connectivity index (χ3v) is 4.84. The second kappa shape index (κ2) is 7.20. The summed E-state index contributed by atoms with van der Waals surface area (Å²) >= 11 is 0. The van der Waals surface area contributed by atoms with Gasteiger partial charge in [-0.1, -0.05) is 0 Å². The van der Waals surface area contributed by atoms with E-state index >= 15 is 0 Å². The Balaban J connectivity index is 1.65. The van der Waals surface area contributed by atoms with Crippen LogP contribution in [0, 0.1) is 6.92 Å². The first-order valence-corrected chi connectivity index (χ1v) is 9.15. The van der Waals surface area contributed by atoms with Gasteiger partial charge in [0, 0.05) is 29.3 Å². The molecule has 0 amide bonds. The highest BCUT2D eigenvalue weighted by molar-refractivity contribution is 6.08. The molecule has 3 heterocycles. The minimum Gasteiger partial charge on any atom is -0.490 e. The van der Waals surface area contributed by atoms with E-state index in [1.165, 1.54) is 6.33 Å². The van der Waals surface area contributed by atoms with Crippen molar-refractivity contribution < 1.29 is 13.9 Å². The molecule has 8 heteroatoms. The van der Waals surface area contributed by atoms with Crippen LogP contribution in [0.25, 0.3) is 5.52 Å². The lowest BCUT2D eigenvalue weighted by Gasteiger charge is -2.15. The number of aryl methyl sites for hydroxylation is 1. The number of halogens is 1. The Labute approximate surface area is 162 Å². The van der Waals surface area contributed by atoms with Crippen molar-refractivity contribution >= 4 is 11.2 Å². The van der Waals surface area contributed by atoms with Gasteiger partial charge in [0.1, 0.15) is 24.2 Å². The molecular formula is C20H22FN5O2. The van der Waals surface area contributed by atoms with E-state index in [1.54, 1.807) is 22.9 Å². The maximum absolute atomic E-state index is 14.9. The predicted molar refractivity (Wildman–Crippen MR) is 104 cm³/mol. The van der Waals surface area contributed by atoms with Crippen molar-refractivity contribution in [2.45, 2.75) is 33.2 Å². The van der Waals surface area contributed by atoms with Gasteiger partial charge in [-0.2, -0.15) is 10.1 Å². The Hall–Kier alpha value is -3.00. The van der Waals surface area contributed by atoms with Gasteiger partial charge in [-0.15, -0.1) is 0 Å². The SMILES string of the molecule is CNC(C)COc1cn2ncnc(OC3=CCC4=NC(C)=CC4=C3F)c2c1C. The van der Waals surface area contributed by atoms with Crippen molar-refractivity contribution in [2.75, 3.05) is 13.7 Å². The molecule has 2 aromatic heterocycles. The van der Waals surface area contributed by atoms with Crippen molar-refractivity contribution in [3.05, 3.63) is 53.1 Å². The molecular weight excluding hydrogens is 361 g/mol. The monoisotopic (exact) mass is 383 g/mol. The zero-order valence-corrected chi connectivity index (χ0v) is 16.3. The summed E-state index contributed by atoms with van der Waals surface area (Å²) < 4.78 is 28.3. The Morgan fingerprint density at radius 1 is 1.36 bits per heavy atom. The third kappa shape index (κ3) is 3.20. The summed E-state index contributed by atoms with van der Waals surface area (Å²) in [6, 6.07) is 0.205. The maximum atomic E-state index is 14.9. The molecule has 4 rings (SSSR count). The summed E-state index contributed by atoms with van der Waals surface area (Å²) in [6.07, 6.45) is 7.09. The van der Waals surface area contributed by atoms with Gasteiger partial charge in [0.25, 0.3) is 0 Å². The van der Waals surface area contributed by atoms with E-state index in [9.17, 15) is 4.39 Å². The molecule has 0 fully saturated rings. The van der Waals surface area contributed by atoms with Crippen molar-refractivity contribution in [2.24, 2.45) is 4.99 Å². The van der Waals surface area contributed by atoms with E-state index in [-0.39, 0.29) is 17.7 Å². The Bertz CT molecular complexity index is 1060. The number of likely N-dealkylation sites (N-methyl/N-ethyl adjacent to an activating group) is 1. The molecule has 1 atom stereocenters. The molecule has 0 saturated carbocycles. The lowest BCUT2D eigenvalue weighted by atomic mass is 10.0. The van der Waals surface area contributed by atoms with Gasteiger partial charge in [-0.3, -0.25) is 4.99 Å². The number of ether oxygens (including phenoxy) is 2. The number of aliphatic imine (C=N–C) groups is 1. The third-order valence-electron chi connectivity index (χ3n) is 4.84. The first-order valence-electron chi connectivity index (χ1n) is 9.15. The van der Waals surface area contributed by atoms with E-state index in [2.05, 4.69) is 20.4 Å². The van der Waals surface area contributed by atoms with Crippen LogP contribution in [0.5, 0.6) is 11.6 Å². The van der Waals surface area contributed by atoms with Crippen LogP contribution >= 0.6 is 0 Å². The van der Waals surface area contributed by atoms with Crippen molar-refractivity contribution in [3.63, 3.8) is 0 Å². The van der Waals surface area contributed by atoms with Crippen LogP contribution in [0.2, 0.25) is 0 Å². The van der Waals surface area contributed by atoms with Gasteiger partial charge in [0.05, 0.1) is 11.9 Å². The molecule has 0 saturated heterocycles. The highest BCUT2D eigenvalue weighted by Gasteiger charge is 2.26. The van der Waals surface area contributed by atoms with Gasteiger partial charge >= 0.3 is 0 Å². The standard InChI is InChI=1S/C20H22FN5O2/c1-11-7-14-15(25-11)5-6-16(18(14)21)28-20-19-13(3)17(27-9-12(2)22-4)8-26(19)24-10-23-20/h6-8,10,12,22H,5,9H2,1-4H3. The summed E-state index contributed by atoms with van der Waals surface area (Å²) in [5.74, 6) is 0.687. The molecule has 1 N–H and O–H groups in total. The zero-order valence-electron chi connectivity index (χ0n) is 16.3. The maximum Gasteiger partial charge on any atom is 0.247 e. The van der Waals surface area contributed by atoms with E-state index in [0.29, 0.717) is 29.9 Å². The van der Waals surface area contributed by atoms with Crippen LogP contribution in [-0.2, 0) is 0 Å². The normalized spacial score (nSPS) is 17.2. The molecule has 7 nitrogen and oxygen atoms in total. The molecule has 1 unspecified atom stereocenters. The van der Waals surface area contributed by atoms with Crippen molar-refractivity contribution in [1.29, 1.82) is 0 Å². The number of allylic oxidation sites excluding steroid dienone is 5. The second-order valence-corrected chi connectivity index (χ2v) is 6.92. The molecule has 146 valence electrons. The molecule has 0 radical (unpaired) electrons. The summed E-state index contributed by atoms with van der Waals surface area (Å²) in [7, 11) is 1.88. The van der Waals surface area contributed by atoms with Gasteiger partial charge in [-0.05, 0) is 40.0 Å². The highest BCUT2D eigenvalue weighted by Crippen LogP contribution is 2.35. The van der Waals surface area contributed by atoms with Crippen molar-refractivity contribution in [1.82, 2.24) is 19.9 Å². The Morgan fingerprint density at radius 2 is 2.18 bits per heavy atom. The number of aromatic nitrogens is 3. The largest absolute Gasteiger partial charge is 0.490 e. The van der Waals surface area contributed by atoms with E-state index in [0.717, 1.165) is 17.0 Å². The average Bonchev–Trinajstić information content (AvgIpc) is 3.22. The molecule has 2 aliphatic rings. The van der Waals surface area contributed by atoms with Gasteiger partial charge in [-0.25, -0.2) is 8.91 Å². The number of nitrogens with zero attached hydrogens (tertiary/aromatic N) is 4. The first-order chi connectivity index (χ1) is 13.5. The minimum absolute atomic E-state index is 0.146. The minimum atomic E-state index is -0.429. The van der Waals surface area contributed by atoms with Gasteiger partial charge in [0.2, 0.25) is 5.88 Å². The number of hydrogen-bond acceptors (Lipinski definition) is 6. The predicted octanol–water partition coefficient (Wildman–Crippen LogP) is 3.27. The highest BCUT2D eigenvalue weighted by atomic mass is 19.1. The lowest BCUT2D eigenvalue weighted by molar-refractivity contribution is 0.278. The van der Waals surface area contributed by atoms with Gasteiger partial charge < -0.3 is 14.8 Å². The van der Waals surface area contributed by atoms with Crippen molar-refractivity contribution in [3.8, 4) is 11.6 Å². The fourth-order valence-electron chi connectivity index (χ4n) is 3.17. The molecule has 1 aliphatic carbocycles. The molecule has 0 bridgehead atoms. The molecule has 28 heavy (non-hydrogen) atoms. The summed E-state index contributed by atoms with van der Waals surface area (Å²) in [6.45, 7) is 6.29. The van der Waals surface area contributed by atoms with E-state index in [4.69, 9.17) is 9.47 Å². The van der Waals surface area contributed by atoms with Gasteiger partial charge in [0.15, 0.2) is 11.6 Å². The van der Waals surface area contributed by atoms with Crippen LogP contribution in [0.1, 0.15) is 25.8 Å². The number of fused-ring (bicyclic) bond motifs is 2. The quantitative estimate of drug-likeness (QED) is 0.829. The first kappa shape index (κ1) is 18.4. The number of nitrogens with one attached hydrogen (secondary N) is 1. The van der Waals surface area contributed by atoms with Crippen LogP contribution in [0.3, 0.4) is 0 Å². The van der Waals surface area contributed by atoms with Crippen LogP contribution in [-0.4, -0.2) is 40.0 Å². The topological polar surface area (TPSA) is 73.0 Å². The lowest BCUT2D eigenvalue weighted by Crippen LogP contribution is -2.28. The van der Waals surface area contributed by atoms with E-state index < -0.39 is 5.83 Å².